The van der Waals surface area contributed by atoms with Crippen LogP contribution in [0, 0.1) is 19.8 Å². The topological polar surface area (TPSA) is 9.72 Å². The van der Waals surface area contributed by atoms with Gasteiger partial charge in [-0.1, -0.05) is 166 Å². The number of allylic oxidation sites excluding steroid dienone is 4. The normalized spacial score (nSPS) is 19.3. The van der Waals surface area contributed by atoms with Crippen LogP contribution in [0.2, 0.25) is 0 Å². The molecule has 3 heteroatoms. The number of hydrogen-bond donors (Lipinski definition) is 0. The highest BCUT2D eigenvalue weighted by atomic mass is 15.2. The molecule has 1 unspecified atom stereocenters. The molecule has 0 fully saturated rings. The van der Waals surface area contributed by atoms with Crippen molar-refractivity contribution in [2.45, 2.75) is 117 Å². The van der Waals surface area contributed by atoms with Crippen molar-refractivity contribution in [3.63, 3.8) is 0 Å². The lowest BCUT2D eigenvalue weighted by Gasteiger charge is -2.59. The van der Waals surface area contributed by atoms with Crippen LogP contribution in [0.15, 0.2) is 181 Å². The maximum Gasteiger partial charge on any atom is 0.0542 e. The van der Waals surface area contributed by atoms with Crippen LogP contribution in [0.4, 0.5) is 45.5 Å². The minimum atomic E-state index is -0.392. The number of anilines is 8. The molecule has 0 aromatic heterocycles. The highest BCUT2D eigenvalue weighted by Crippen LogP contribution is 2.68. The summed E-state index contributed by atoms with van der Waals surface area (Å²) in [6, 6.07) is 61.1. The molecule has 0 saturated carbocycles. The minimum absolute atomic E-state index is 0.0762. The lowest BCUT2D eigenvalue weighted by Crippen LogP contribution is -2.50. The van der Waals surface area contributed by atoms with Crippen molar-refractivity contribution < 1.29 is 0 Å². The highest BCUT2D eigenvalue weighted by Gasteiger charge is 2.56. The minimum Gasteiger partial charge on any atom is -0.312 e. The molecule has 0 saturated heterocycles. The Labute approximate surface area is 439 Å². The molecule has 3 aliphatic heterocycles. The van der Waals surface area contributed by atoms with E-state index >= 15 is 0 Å². The second-order valence-corrected chi connectivity index (χ2v) is 25.2. The first-order valence-corrected chi connectivity index (χ1v) is 27.1. The summed E-state index contributed by atoms with van der Waals surface area (Å²) in [5.74, 6) is 0.299. The summed E-state index contributed by atoms with van der Waals surface area (Å²) in [5, 5.41) is 0. The predicted octanol–water partition coefficient (Wildman–Crippen LogP) is 19.0. The van der Waals surface area contributed by atoms with Gasteiger partial charge in [0.25, 0.3) is 0 Å². The first kappa shape index (κ1) is 45.3. The molecule has 0 N–H and O–H groups in total. The van der Waals surface area contributed by atoms with Crippen molar-refractivity contribution in [3.8, 4) is 22.3 Å². The monoisotopic (exact) mass is 962 g/mol. The Morgan fingerprint density at radius 3 is 1.43 bits per heavy atom. The van der Waals surface area contributed by atoms with E-state index in [-0.39, 0.29) is 21.7 Å². The quantitative estimate of drug-likeness (QED) is 0.164. The maximum atomic E-state index is 2.78. The van der Waals surface area contributed by atoms with Crippen LogP contribution < -0.4 is 14.7 Å². The van der Waals surface area contributed by atoms with Crippen LogP contribution in [0.3, 0.4) is 0 Å². The van der Waals surface area contributed by atoms with Crippen molar-refractivity contribution in [1.29, 1.82) is 0 Å². The Morgan fingerprint density at radius 2 is 0.824 bits per heavy atom. The number of fused-ring (bicyclic) bond motifs is 6. The molecule has 8 aromatic rings. The molecule has 1 atom stereocenters. The summed E-state index contributed by atoms with van der Waals surface area (Å²) in [5.41, 5.74) is 30.7. The third kappa shape index (κ3) is 5.90. The van der Waals surface area contributed by atoms with Gasteiger partial charge in [-0.3, -0.25) is 0 Å². The van der Waals surface area contributed by atoms with Gasteiger partial charge in [-0.05, 0) is 177 Å². The number of rotatable bonds is 6. The molecule has 0 radical (unpaired) electrons. The summed E-state index contributed by atoms with van der Waals surface area (Å²) >= 11 is 0. The lowest BCUT2D eigenvalue weighted by molar-refractivity contribution is 0.335. The fourth-order valence-corrected chi connectivity index (χ4v) is 15.0. The Balaban J connectivity index is 1.03. The van der Waals surface area contributed by atoms with Crippen LogP contribution >= 0.6 is 0 Å². The van der Waals surface area contributed by atoms with Crippen LogP contribution in [0.1, 0.15) is 131 Å². The van der Waals surface area contributed by atoms with Crippen LogP contribution in [0.5, 0.6) is 0 Å². The second kappa shape index (κ2) is 14.9. The van der Waals surface area contributed by atoms with Gasteiger partial charge in [-0.15, -0.1) is 0 Å². The standard InChI is InChI=1S/C71H67N3/c1-42-20-17-22-44(34-42)72(46-31-33-56-53(36-46)51-25-14-16-27-55(51)67(56,3)4)48-38-60-65-62(40-48)71(11,12)63-41-49(39-61-66(63)74(65)64-57(69(60,7)8)28-19-29-58(64)70(61,9)10)73(45-23-18-21-43(2)35-45)47-30-32-52-50-24-13-15-26-54(50)68(5,6)59(52)37-47/h13-27,29-41,57H,28H2,1-12H3. The van der Waals surface area contributed by atoms with E-state index in [1.165, 1.54) is 135 Å². The van der Waals surface area contributed by atoms with E-state index in [0.29, 0.717) is 5.92 Å². The average molecular weight is 962 g/mol. The molecule has 366 valence electrons. The Hall–Kier alpha value is -7.36. The van der Waals surface area contributed by atoms with E-state index in [2.05, 4.69) is 268 Å². The van der Waals surface area contributed by atoms with Crippen molar-refractivity contribution in [2.75, 3.05) is 14.7 Å². The third-order valence-corrected chi connectivity index (χ3v) is 19.1. The lowest BCUT2D eigenvalue weighted by atomic mass is 9.56. The zero-order chi connectivity index (χ0) is 51.2. The SMILES string of the molecule is Cc1cccc(N(c2ccc3c(c2)C(C)(C)c2ccccc2-3)c2cc3c4c(c2)C(C)(C)c2cc(N(c5cccc(C)c5)c5ccc6c(c5)-c5ccccc5C6(C)C)cc5c2N4C2=C(C=CCC2C5(C)C)C3(C)C)c1. The number of aryl methyl sites for hydroxylation is 2. The second-order valence-electron chi connectivity index (χ2n) is 25.2. The molecule has 74 heavy (non-hydrogen) atoms. The fourth-order valence-electron chi connectivity index (χ4n) is 15.0. The van der Waals surface area contributed by atoms with Gasteiger partial charge in [0, 0.05) is 72.8 Å². The predicted molar refractivity (Wildman–Crippen MR) is 311 cm³/mol. The molecule has 6 aliphatic rings. The van der Waals surface area contributed by atoms with Crippen molar-refractivity contribution in [2.24, 2.45) is 5.92 Å². The summed E-state index contributed by atoms with van der Waals surface area (Å²) < 4.78 is 0. The zero-order valence-corrected chi connectivity index (χ0v) is 45.3. The number of nitrogens with zero attached hydrogens (tertiary/aromatic N) is 3. The van der Waals surface area contributed by atoms with E-state index in [0.717, 1.165) is 6.42 Å². The third-order valence-electron chi connectivity index (χ3n) is 19.1. The summed E-state index contributed by atoms with van der Waals surface area (Å²) in [7, 11) is 0. The molecule has 0 spiro atoms. The smallest absolute Gasteiger partial charge is 0.0542 e. The first-order chi connectivity index (χ1) is 35.3. The van der Waals surface area contributed by atoms with Crippen LogP contribution in [0.25, 0.3) is 22.3 Å². The molecule has 3 aliphatic carbocycles. The van der Waals surface area contributed by atoms with E-state index in [1.54, 1.807) is 0 Å². The van der Waals surface area contributed by atoms with Gasteiger partial charge in [0.15, 0.2) is 0 Å². The van der Waals surface area contributed by atoms with Gasteiger partial charge < -0.3 is 14.7 Å². The Kier molecular flexibility index (Phi) is 9.12. The van der Waals surface area contributed by atoms with Gasteiger partial charge in [0.1, 0.15) is 0 Å². The largest absolute Gasteiger partial charge is 0.312 e. The molecule has 3 nitrogen and oxygen atoms in total. The first-order valence-electron chi connectivity index (χ1n) is 27.1. The van der Waals surface area contributed by atoms with Crippen molar-refractivity contribution >= 4 is 45.5 Å². The van der Waals surface area contributed by atoms with E-state index in [9.17, 15) is 0 Å². The van der Waals surface area contributed by atoms with Crippen molar-refractivity contribution in [3.05, 3.63) is 237 Å². The van der Waals surface area contributed by atoms with Gasteiger partial charge in [-0.25, -0.2) is 0 Å². The van der Waals surface area contributed by atoms with Crippen LogP contribution in [-0.2, 0) is 27.1 Å². The molecule has 0 bridgehead atoms. The van der Waals surface area contributed by atoms with Gasteiger partial charge in [-0.2, -0.15) is 0 Å². The summed E-state index contributed by atoms with van der Waals surface area (Å²) in [6.07, 6.45) is 5.98. The Bertz CT molecular complexity index is 3850. The Morgan fingerprint density at radius 1 is 0.378 bits per heavy atom. The maximum absolute atomic E-state index is 2.78. The average Bonchev–Trinajstić information content (AvgIpc) is 3.80. The van der Waals surface area contributed by atoms with E-state index in [4.69, 9.17) is 0 Å². The molecule has 14 rings (SSSR count). The van der Waals surface area contributed by atoms with Crippen molar-refractivity contribution in [1.82, 2.24) is 0 Å². The molecule has 0 amide bonds. The highest BCUT2D eigenvalue weighted by molar-refractivity contribution is 5.96. The van der Waals surface area contributed by atoms with Crippen LogP contribution in [-0.4, -0.2) is 0 Å². The van der Waals surface area contributed by atoms with E-state index < -0.39 is 5.41 Å². The fraction of sp³-hybridized carbons (Fsp3) is 0.268. The van der Waals surface area contributed by atoms with Gasteiger partial charge in [0.2, 0.25) is 0 Å². The molecule has 3 heterocycles. The zero-order valence-electron chi connectivity index (χ0n) is 45.3. The summed E-state index contributed by atoms with van der Waals surface area (Å²) in [6.45, 7) is 29.1. The molecular formula is C71H67N3. The van der Waals surface area contributed by atoms with Gasteiger partial charge in [0.05, 0.1) is 11.4 Å². The molecular weight excluding hydrogens is 895 g/mol. The number of hydrogen-bond acceptors (Lipinski definition) is 3. The van der Waals surface area contributed by atoms with Gasteiger partial charge >= 0.3 is 0 Å². The number of benzene rings is 8. The molecule has 8 aromatic carbocycles. The van der Waals surface area contributed by atoms with E-state index in [1.807, 2.05) is 0 Å². The summed E-state index contributed by atoms with van der Waals surface area (Å²) in [4.78, 5) is 7.90.